The summed E-state index contributed by atoms with van der Waals surface area (Å²) in [7, 11) is 1.62. The maximum atomic E-state index is 13.3. The molecule has 2 N–H and O–H groups in total. The molecule has 5 nitrogen and oxygen atoms in total. The maximum Gasteiger partial charge on any atom is 0.341 e. The number of hydrogen-bond donors (Lipinski definition) is 1. The van der Waals surface area contributed by atoms with Gasteiger partial charge in [0.15, 0.2) is 11.6 Å². The second kappa shape index (κ2) is 3.76. The lowest BCUT2D eigenvalue weighted by Gasteiger charge is -2.06. The van der Waals surface area contributed by atoms with Crippen molar-refractivity contribution in [3.05, 3.63) is 30.1 Å². The normalized spacial score (nSPS) is 10.4. The minimum Gasteiger partial charge on any atom is -0.418 e. The molecule has 0 aliphatic carbocycles. The highest BCUT2D eigenvalue weighted by Crippen LogP contribution is 2.30. The monoisotopic (exact) mass is 226 g/mol. The van der Waals surface area contributed by atoms with Crippen LogP contribution >= 0.6 is 0 Å². The first-order valence-corrected chi connectivity index (χ1v) is 4.35. The third-order valence-corrected chi connectivity index (χ3v) is 1.85. The van der Waals surface area contributed by atoms with E-state index >= 15 is 0 Å². The number of anilines is 1. The van der Waals surface area contributed by atoms with E-state index in [4.69, 9.17) is 10.5 Å². The van der Waals surface area contributed by atoms with Crippen molar-refractivity contribution >= 4 is 5.69 Å². The summed E-state index contributed by atoms with van der Waals surface area (Å²) in [5.41, 5.74) is 5.43. The van der Waals surface area contributed by atoms with E-state index in [-0.39, 0.29) is 11.7 Å². The Labute approximate surface area is 89.5 Å². The van der Waals surface area contributed by atoms with Crippen LogP contribution in [0.4, 0.5) is 14.5 Å². The van der Waals surface area contributed by atoms with Gasteiger partial charge in [-0.1, -0.05) is 0 Å². The molecular weight excluding hydrogens is 218 g/mol. The molecule has 7 heteroatoms. The predicted octanol–water partition coefficient (Wildman–Crippen LogP) is 1.47. The fraction of sp³-hybridized carbons (Fsp3) is 0.111. The Morgan fingerprint density at radius 3 is 2.75 bits per heavy atom. The van der Waals surface area contributed by atoms with Gasteiger partial charge in [-0.2, -0.15) is 9.37 Å². The highest BCUT2D eigenvalue weighted by atomic mass is 19.2. The van der Waals surface area contributed by atoms with Gasteiger partial charge in [-0.05, 0) is 12.1 Å². The molecular formula is C9H8F2N4O. The molecule has 0 spiro atoms. The van der Waals surface area contributed by atoms with Crippen LogP contribution in [0.1, 0.15) is 0 Å². The number of nitrogen functional groups attached to an aromatic ring is 1. The van der Waals surface area contributed by atoms with Crippen LogP contribution in [0.3, 0.4) is 0 Å². The van der Waals surface area contributed by atoms with E-state index in [1.807, 2.05) is 0 Å². The fourth-order valence-electron chi connectivity index (χ4n) is 1.11. The second-order valence-electron chi connectivity index (χ2n) is 3.08. The Balaban J connectivity index is 2.37. The number of hydrogen-bond acceptors (Lipinski definition) is 4. The second-order valence-corrected chi connectivity index (χ2v) is 3.08. The first-order valence-electron chi connectivity index (χ1n) is 4.35. The Morgan fingerprint density at radius 1 is 1.38 bits per heavy atom. The van der Waals surface area contributed by atoms with Crippen molar-refractivity contribution in [2.24, 2.45) is 7.05 Å². The maximum absolute atomic E-state index is 13.3. The van der Waals surface area contributed by atoms with Crippen LogP contribution in [-0.2, 0) is 7.05 Å². The molecule has 0 bridgehead atoms. The van der Waals surface area contributed by atoms with Gasteiger partial charge in [-0.15, -0.1) is 5.10 Å². The summed E-state index contributed by atoms with van der Waals surface area (Å²) in [4.78, 5) is 3.71. The summed E-state index contributed by atoms with van der Waals surface area (Å²) >= 11 is 0. The molecule has 0 aliphatic heterocycles. The molecule has 0 saturated heterocycles. The van der Waals surface area contributed by atoms with Crippen LogP contribution in [0.15, 0.2) is 18.5 Å². The topological polar surface area (TPSA) is 66.0 Å². The molecule has 0 aliphatic rings. The van der Waals surface area contributed by atoms with Crippen molar-refractivity contribution in [2.45, 2.75) is 0 Å². The van der Waals surface area contributed by atoms with E-state index in [0.29, 0.717) is 0 Å². The van der Waals surface area contributed by atoms with Crippen molar-refractivity contribution < 1.29 is 13.5 Å². The van der Waals surface area contributed by atoms with Gasteiger partial charge in [0.1, 0.15) is 6.33 Å². The summed E-state index contributed by atoms with van der Waals surface area (Å²) in [5.74, 6) is -2.61. The van der Waals surface area contributed by atoms with Crippen LogP contribution in [0.25, 0.3) is 0 Å². The number of aryl methyl sites for hydroxylation is 1. The fourth-order valence-corrected chi connectivity index (χ4v) is 1.11. The van der Waals surface area contributed by atoms with Crippen LogP contribution in [0.2, 0.25) is 0 Å². The van der Waals surface area contributed by atoms with Gasteiger partial charge in [0.05, 0.1) is 5.69 Å². The van der Waals surface area contributed by atoms with Gasteiger partial charge in [0.25, 0.3) is 0 Å². The van der Waals surface area contributed by atoms with E-state index in [1.165, 1.54) is 17.1 Å². The standard InChI is InChI=1S/C9H8F2N4O/c1-15-4-13-9(14-15)16-8-6(12)3-2-5(10)7(8)11/h2-4H,12H2,1H3. The van der Waals surface area contributed by atoms with Crippen LogP contribution in [0.5, 0.6) is 11.8 Å². The molecule has 0 saturated carbocycles. The third-order valence-electron chi connectivity index (χ3n) is 1.85. The third kappa shape index (κ3) is 1.79. The molecule has 1 heterocycles. The van der Waals surface area contributed by atoms with Crippen LogP contribution in [-0.4, -0.2) is 14.8 Å². The van der Waals surface area contributed by atoms with Gasteiger partial charge in [-0.3, -0.25) is 4.68 Å². The van der Waals surface area contributed by atoms with Crippen molar-refractivity contribution in [3.8, 4) is 11.8 Å². The van der Waals surface area contributed by atoms with E-state index in [0.717, 1.165) is 6.07 Å². The van der Waals surface area contributed by atoms with Crippen LogP contribution in [0, 0.1) is 11.6 Å². The average Bonchev–Trinajstić information content (AvgIpc) is 2.65. The summed E-state index contributed by atoms with van der Waals surface area (Å²) in [6, 6.07) is 2.03. The average molecular weight is 226 g/mol. The highest BCUT2D eigenvalue weighted by molar-refractivity contribution is 5.54. The molecule has 1 aromatic heterocycles. The summed E-state index contributed by atoms with van der Waals surface area (Å²) in [5, 5.41) is 3.76. The number of rotatable bonds is 2. The predicted molar refractivity (Wildman–Crippen MR) is 51.8 cm³/mol. The largest absolute Gasteiger partial charge is 0.418 e. The number of benzene rings is 1. The quantitative estimate of drug-likeness (QED) is 0.787. The first kappa shape index (κ1) is 10.3. The molecule has 0 amide bonds. The minimum absolute atomic E-state index is 0.0219. The van der Waals surface area contributed by atoms with Gasteiger partial charge in [0, 0.05) is 7.05 Å². The zero-order chi connectivity index (χ0) is 11.7. The molecule has 0 unspecified atom stereocenters. The van der Waals surface area contributed by atoms with Crippen molar-refractivity contribution in [3.63, 3.8) is 0 Å². The lowest BCUT2D eigenvalue weighted by Crippen LogP contribution is -1.99. The van der Waals surface area contributed by atoms with E-state index in [2.05, 4.69) is 10.1 Å². The van der Waals surface area contributed by atoms with Gasteiger partial charge in [-0.25, -0.2) is 4.39 Å². The van der Waals surface area contributed by atoms with E-state index in [9.17, 15) is 8.78 Å². The zero-order valence-electron chi connectivity index (χ0n) is 8.32. The Hall–Kier alpha value is -2.18. The van der Waals surface area contributed by atoms with Gasteiger partial charge in [0.2, 0.25) is 5.82 Å². The molecule has 2 aromatic rings. The summed E-state index contributed by atoms with van der Waals surface area (Å²) in [6.45, 7) is 0. The number of nitrogens with two attached hydrogens (primary N) is 1. The Morgan fingerprint density at radius 2 is 2.12 bits per heavy atom. The summed E-state index contributed by atoms with van der Waals surface area (Å²) in [6.07, 6.45) is 1.36. The smallest absolute Gasteiger partial charge is 0.341 e. The van der Waals surface area contributed by atoms with Crippen molar-refractivity contribution in [2.75, 3.05) is 5.73 Å². The number of aromatic nitrogens is 3. The van der Waals surface area contributed by atoms with Gasteiger partial charge >= 0.3 is 6.01 Å². The van der Waals surface area contributed by atoms with E-state index < -0.39 is 17.4 Å². The Bertz CT molecular complexity index is 526. The summed E-state index contributed by atoms with van der Waals surface area (Å²) < 4.78 is 32.5. The van der Waals surface area contributed by atoms with Crippen molar-refractivity contribution in [1.29, 1.82) is 0 Å². The van der Waals surface area contributed by atoms with Crippen molar-refractivity contribution in [1.82, 2.24) is 14.8 Å². The molecule has 84 valence electrons. The molecule has 2 rings (SSSR count). The highest BCUT2D eigenvalue weighted by Gasteiger charge is 2.15. The molecule has 0 atom stereocenters. The number of ether oxygens (including phenoxy) is 1. The number of halogens is 2. The Kier molecular flexibility index (Phi) is 2.43. The lowest BCUT2D eigenvalue weighted by molar-refractivity contribution is 0.394. The number of nitrogens with zero attached hydrogens (tertiary/aromatic N) is 3. The lowest BCUT2D eigenvalue weighted by atomic mass is 10.3. The van der Waals surface area contributed by atoms with Crippen LogP contribution < -0.4 is 10.5 Å². The SMILES string of the molecule is Cn1cnc(Oc2c(N)ccc(F)c2F)n1. The van der Waals surface area contributed by atoms with Gasteiger partial charge < -0.3 is 10.5 Å². The molecule has 0 fully saturated rings. The van der Waals surface area contributed by atoms with E-state index in [1.54, 1.807) is 7.05 Å². The zero-order valence-corrected chi connectivity index (χ0v) is 8.32. The molecule has 16 heavy (non-hydrogen) atoms. The minimum atomic E-state index is -1.16. The molecule has 1 aromatic carbocycles. The first-order chi connectivity index (χ1) is 7.58. The molecule has 0 radical (unpaired) electrons.